The molecular formula is C21H22F3N5O2. The van der Waals surface area contributed by atoms with Gasteiger partial charge in [0.25, 0.3) is 0 Å². The molecule has 164 valence electrons. The number of carbonyl (C=O) groups is 2. The van der Waals surface area contributed by atoms with Gasteiger partial charge in [0, 0.05) is 26.6 Å². The second-order valence-electron chi connectivity index (χ2n) is 7.70. The Kier molecular flexibility index (Phi) is 5.55. The molecule has 2 aliphatic heterocycles. The summed E-state index contributed by atoms with van der Waals surface area (Å²) in [5, 5.41) is 0. The summed E-state index contributed by atoms with van der Waals surface area (Å²) in [6, 6.07) is 4.73. The van der Waals surface area contributed by atoms with Gasteiger partial charge in [0.15, 0.2) is 18.3 Å². The number of halogens is 3. The fourth-order valence-electron chi connectivity index (χ4n) is 3.92. The Bertz CT molecular complexity index is 974. The van der Waals surface area contributed by atoms with E-state index in [9.17, 15) is 22.8 Å². The number of aldehydes is 1. The third-order valence-electron chi connectivity index (χ3n) is 5.69. The number of urea groups is 1. The molecule has 1 atom stereocenters. The zero-order valence-corrected chi connectivity index (χ0v) is 17.0. The molecule has 1 fully saturated rings. The van der Waals surface area contributed by atoms with Gasteiger partial charge in [-0.1, -0.05) is 12.1 Å². The van der Waals surface area contributed by atoms with Crippen molar-refractivity contribution in [1.82, 2.24) is 14.9 Å². The minimum absolute atomic E-state index is 0.257. The van der Waals surface area contributed by atoms with Crippen LogP contribution in [0, 0.1) is 0 Å². The minimum atomic E-state index is -4.37. The van der Waals surface area contributed by atoms with E-state index in [1.54, 1.807) is 23.0 Å². The summed E-state index contributed by atoms with van der Waals surface area (Å²) in [4.78, 5) is 38.4. The standard InChI is InChI=1S/C21H22F3N5O2/c1-27-16-12-25-17(9-6-14-4-7-15(8-5-14)21(22,23)24)26-19(16)29(18(27)13-30)20(31)28-10-2-3-11-28/h4-5,7-8,12-13,18H,2-3,6,9-11H2,1H3. The molecule has 1 aromatic heterocycles. The number of likely N-dealkylation sites (tertiary alicyclic amines) is 1. The average molecular weight is 433 g/mol. The first-order valence-corrected chi connectivity index (χ1v) is 10.1. The first-order valence-electron chi connectivity index (χ1n) is 10.1. The van der Waals surface area contributed by atoms with Crippen LogP contribution in [0.2, 0.25) is 0 Å². The first kappa shape index (κ1) is 21.1. The summed E-state index contributed by atoms with van der Waals surface area (Å²) in [6.45, 7) is 1.29. The monoisotopic (exact) mass is 433 g/mol. The lowest BCUT2D eigenvalue weighted by atomic mass is 10.1. The van der Waals surface area contributed by atoms with Crippen molar-refractivity contribution in [1.29, 1.82) is 0 Å². The summed E-state index contributed by atoms with van der Waals surface area (Å²) >= 11 is 0. The number of rotatable bonds is 4. The molecule has 1 unspecified atom stereocenters. The van der Waals surface area contributed by atoms with Crippen LogP contribution in [-0.2, 0) is 23.8 Å². The highest BCUT2D eigenvalue weighted by molar-refractivity contribution is 6.02. The summed E-state index contributed by atoms with van der Waals surface area (Å²) in [5.41, 5.74) is 0.622. The molecule has 2 aliphatic rings. The van der Waals surface area contributed by atoms with E-state index in [4.69, 9.17) is 0 Å². The third kappa shape index (κ3) is 4.06. The SMILES string of the molecule is CN1c2cnc(CCc3ccc(C(F)(F)F)cc3)nc2N(C(=O)N2CCCC2)C1C=O. The molecule has 31 heavy (non-hydrogen) atoms. The van der Waals surface area contributed by atoms with Gasteiger partial charge in [-0.2, -0.15) is 13.2 Å². The smallest absolute Gasteiger partial charge is 0.344 e. The van der Waals surface area contributed by atoms with Crippen LogP contribution in [0.5, 0.6) is 0 Å². The number of alkyl halides is 3. The summed E-state index contributed by atoms with van der Waals surface area (Å²) in [5.74, 6) is 0.840. The largest absolute Gasteiger partial charge is 0.416 e. The molecular weight excluding hydrogens is 411 g/mol. The van der Waals surface area contributed by atoms with Crippen LogP contribution < -0.4 is 9.80 Å². The number of aryl methyl sites for hydroxylation is 2. The van der Waals surface area contributed by atoms with Crippen LogP contribution >= 0.6 is 0 Å². The molecule has 7 nitrogen and oxygen atoms in total. The maximum Gasteiger partial charge on any atom is 0.416 e. The van der Waals surface area contributed by atoms with Crippen molar-refractivity contribution in [2.75, 3.05) is 29.9 Å². The van der Waals surface area contributed by atoms with Gasteiger partial charge in [0.05, 0.1) is 11.8 Å². The van der Waals surface area contributed by atoms with E-state index in [0.29, 0.717) is 49.5 Å². The highest BCUT2D eigenvalue weighted by atomic mass is 19.4. The van der Waals surface area contributed by atoms with Crippen LogP contribution in [-0.4, -0.2) is 53.5 Å². The number of carbonyl (C=O) groups excluding carboxylic acids is 2. The highest BCUT2D eigenvalue weighted by Gasteiger charge is 2.41. The second kappa shape index (κ2) is 8.16. The number of likely N-dealkylation sites (N-methyl/N-ethyl adjacent to an activating group) is 1. The zero-order valence-electron chi connectivity index (χ0n) is 17.0. The molecule has 0 N–H and O–H groups in total. The van der Waals surface area contributed by atoms with Crippen molar-refractivity contribution in [3.8, 4) is 0 Å². The van der Waals surface area contributed by atoms with E-state index in [1.807, 2.05) is 0 Å². The highest BCUT2D eigenvalue weighted by Crippen LogP contribution is 2.37. The predicted octanol–water partition coefficient (Wildman–Crippen LogP) is 3.28. The van der Waals surface area contributed by atoms with Crippen molar-refractivity contribution < 1.29 is 22.8 Å². The van der Waals surface area contributed by atoms with Crippen molar-refractivity contribution in [3.05, 3.63) is 47.4 Å². The number of benzene rings is 1. The maximum atomic E-state index is 13.0. The van der Waals surface area contributed by atoms with Crippen molar-refractivity contribution in [3.63, 3.8) is 0 Å². The van der Waals surface area contributed by atoms with Gasteiger partial charge in [0.1, 0.15) is 11.5 Å². The quantitative estimate of drug-likeness (QED) is 0.693. The molecule has 2 aromatic rings. The second-order valence-corrected chi connectivity index (χ2v) is 7.70. The van der Waals surface area contributed by atoms with E-state index >= 15 is 0 Å². The molecule has 3 heterocycles. The Balaban J connectivity index is 1.53. The minimum Gasteiger partial charge on any atom is -0.344 e. The van der Waals surface area contributed by atoms with Gasteiger partial charge in [-0.05, 0) is 37.0 Å². The molecule has 1 saturated heterocycles. The number of amides is 2. The molecule has 0 bridgehead atoms. The lowest BCUT2D eigenvalue weighted by Crippen LogP contribution is -2.51. The fraction of sp³-hybridized carbons (Fsp3) is 0.429. The van der Waals surface area contributed by atoms with Crippen LogP contribution in [0.15, 0.2) is 30.5 Å². The van der Waals surface area contributed by atoms with Crippen molar-refractivity contribution in [2.45, 2.75) is 38.0 Å². The number of aromatic nitrogens is 2. The Labute approximate surface area is 177 Å². The first-order chi connectivity index (χ1) is 14.8. The Hall–Kier alpha value is -3.17. The van der Waals surface area contributed by atoms with Gasteiger partial charge >= 0.3 is 12.2 Å². The molecule has 2 amide bonds. The molecule has 0 spiro atoms. The van der Waals surface area contributed by atoms with E-state index in [1.165, 1.54) is 17.0 Å². The molecule has 0 saturated carbocycles. The van der Waals surface area contributed by atoms with Gasteiger partial charge in [-0.3, -0.25) is 4.79 Å². The number of nitrogens with zero attached hydrogens (tertiary/aromatic N) is 5. The van der Waals surface area contributed by atoms with Gasteiger partial charge in [-0.25, -0.2) is 19.7 Å². The van der Waals surface area contributed by atoms with Crippen molar-refractivity contribution >= 4 is 23.8 Å². The van der Waals surface area contributed by atoms with Gasteiger partial charge in [-0.15, -0.1) is 0 Å². The fourth-order valence-corrected chi connectivity index (χ4v) is 3.92. The van der Waals surface area contributed by atoms with E-state index in [-0.39, 0.29) is 6.03 Å². The van der Waals surface area contributed by atoms with Gasteiger partial charge < -0.3 is 9.80 Å². The number of hydrogen-bond acceptors (Lipinski definition) is 5. The van der Waals surface area contributed by atoms with Crippen LogP contribution in [0.3, 0.4) is 0 Å². The average Bonchev–Trinajstić information content (AvgIpc) is 3.38. The van der Waals surface area contributed by atoms with E-state index in [2.05, 4.69) is 9.97 Å². The zero-order chi connectivity index (χ0) is 22.2. The number of anilines is 2. The molecule has 0 radical (unpaired) electrons. The Morgan fingerprint density at radius 1 is 1.16 bits per heavy atom. The summed E-state index contributed by atoms with van der Waals surface area (Å²) in [7, 11) is 1.71. The van der Waals surface area contributed by atoms with Crippen LogP contribution in [0.1, 0.15) is 29.8 Å². The molecule has 1 aromatic carbocycles. The third-order valence-corrected chi connectivity index (χ3v) is 5.69. The topological polar surface area (TPSA) is 69.6 Å². The van der Waals surface area contributed by atoms with Crippen LogP contribution in [0.4, 0.5) is 29.5 Å². The van der Waals surface area contributed by atoms with Crippen LogP contribution in [0.25, 0.3) is 0 Å². The van der Waals surface area contributed by atoms with Gasteiger partial charge in [0.2, 0.25) is 0 Å². The van der Waals surface area contributed by atoms with E-state index < -0.39 is 17.9 Å². The molecule has 0 aliphatic carbocycles. The maximum absolute atomic E-state index is 13.0. The summed E-state index contributed by atoms with van der Waals surface area (Å²) < 4.78 is 38.2. The number of hydrogen-bond donors (Lipinski definition) is 0. The predicted molar refractivity (Wildman–Crippen MR) is 108 cm³/mol. The normalized spacial score (nSPS) is 18.5. The Morgan fingerprint density at radius 2 is 1.84 bits per heavy atom. The van der Waals surface area contributed by atoms with Crippen molar-refractivity contribution in [2.24, 2.45) is 0 Å². The summed E-state index contributed by atoms with van der Waals surface area (Å²) in [6.07, 6.45) is -0.178. The lowest BCUT2D eigenvalue weighted by molar-refractivity contribution is -0.137. The number of fused-ring (bicyclic) bond motifs is 1. The van der Waals surface area contributed by atoms with E-state index in [0.717, 1.165) is 30.5 Å². The molecule has 4 rings (SSSR count). The Morgan fingerprint density at radius 3 is 2.45 bits per heavy atom. The lowest BCUT2D eigenvalue weighted by Gasteiger charge is -2.28. The molecule has 10 heteroatoms.